The SMILES string of the molecule is Cc1cccc(NC(=O)[C@H]2Sc3nnc(COc4ccccc4)n3N[C@@H]2c2ccc(F)cc2)c1. The molecule has 2 heterocycles. The van der Waals surface area contributed by atoms with Crippen molar-refractivity contribution < 1.29 is 13.9 Å². The fraction of sp³-hybridized carbons (Fsp3) is 0.160. The molecule has 0 saturated carbocycles. The van der Waals surface area contributed by atoms with Gasteiger partial charge in [0.15, 0.2) is 5.82 Å². The molecule has 1 amide bonds. The number of aromatic nitrogens is 3. The lowest BCUT2D eigenvalue weighted by atomic mass is 10.0. The number of hydrogen-bond donors (Lipinski definition) is 2. The second-order valence-electron chi connectivity index (χ2n) is 7.89. The number of ether oxygens (including phenoxy) is 1. The first-order chi connectivity index (χ1) is 16.6. The van der Waals surface area contributed by atoms with Crippen LogP contribution < -0.4 is 15.5 Å². The summed E-state index contributed by atoms with van der Waals surface area (Å²) in [5.41, 5.74) is 5.89. The molecule has 1 aliphatic rings. The molecule has 0 aliphatic carbocycles. The Kier molecular flexibility index (Phi) is 6.18. The van der Waals surface area contributed by atoms with E-state index in [-0.39, 0.29) is 18.3 Å². The Hall–Kier alpha value is -3.85. The summed E-state index contributed by atoms with van der Waals surface area (Å²) in [4.78, 5) is 13.3. The molecule has 2 atom stereocenters. The third kappa shape index (κ3) is 4.74. The molecule has 172 valence electrons. The van der Waals surface area contributed by atoms with Gasteiger partial charge in [0.1, 0.15) is 23.4 Å². The van der Waals surface area contributed by atoms with Gasteiger partial charge >= 0.3 is 0 Å². The number of carbonyl (C=O) groups excluding carboxylic acids is 1. The van der Waals surface area contributed by atoms with Gasteiger partial charge in [0, 0.05) is 5.69 Å². The highest BCUT2D eigenvalue weighted by Gasteiger charge is 2.38. The van der Waals surface area contributed by atoms with Gasteiger partial charge in [-0.2, -0.15) is 0 Å². The van der Waals surface area contributed by atoms with Gasteiger partial charge in [-0.05, 0) is 54.4 Å². The van der Waals surface area contributed by atoms with Crippen molar-refractivity contribution in [3.05, 3.63) is 102 Å². The summed E-state index contributed by atoms with van der Waals surface area (Å²) in [7, 11) is 0. The Bertz CT molecular complexity index is 1300. The zero-order valence-corrected chi connectivity index (χ0v) is 19.1. The van der Waals surface area contributed by atoms with Gasteiger partial charge in [-0.25, -0.2) is 9.07 Å². The number of nitrogens with one attached hydrogen (secondary N) is 2. The first-order valence-corrected chi connectivity index (χ1v) is 11.6. The van der Waals surface area contributed by atoms with Crippen LogP contribution in [0.1, 0.15) is 23.0 Å². The van der Waals surface area contributed by atoms with Crippen LogP contribution in [0.4, 0.5) is 10.1 Å². The Balaban J connectivity index is 1.42. The van der Waals surface area contributed by atoms with E-state index >= 15 is 0 Å². The van der Waals surface area contributed by atoms with Crippen molar-refractivity contribution in [3.63, 3.8) is 0 Å². The van der Waals surface area contributed by atoms with E-state index in [0.717, 1.165) is 11.1 Å². The summed E-state index contributed by atoms with van der Waals surface area (Å²) in [5.74, 6) is 0.758. The van der Waals surface area contributed by atoms with E-state index < -0.39 is 11.3 Å². The highest BCUT2D eigenvalue weighted by Crippen LogP contribution is 2.37. The third-order valence-corrected chi connectivity index (χ3v) is 6.60. The van der Waals surface area contributed by atoms with Gasteiger partial charge in [-0.3, -0.25) is 4.79 Å². The molecule has 0 spiro atoms. The van der Waals surface area contributed by atoms with Crippen LogP contribution in [0.3, 0.4) is 0 Å². The molecule has 9 heteroatoms. The first-order valence-electron chi connectivity index (χ1n) is 10.8. The topological polar surface area (TPSA) is 81.1 Å². The van der Waals surface area contributed by atoms with Gasteiger partial charge in [-0.15, -0.1) is 10.2 Å². The van der Waals surface area contributed by atoms with Crippen molar-refractivity contribution in [1.82, 2.24) is 14.9 Å². The highest BCUT2D eigenvalue weighted by molar-refractivity contribution is 8.00. The number of hydrogen-bond acceptors (Lipinski definition) is 6. The molecule has 3 aromatic carbocycles. The van der Waals surface area contributed by atoms with Crippen LogP contribution in [0.15, 0.2) is 84.0 Å². The number of nitrogens with zero attached hydrogens (tertiary/aromatic N) is 3. The summed E-state index contributed by atoms with van der Waals surface area (Å²) in [6.07, 6.45) is 0. The van der Waals surface area contributed by atoms with E-state index in [4.69, 9.17) is 4.74 Å². The number of halogens is 1. The number of rotatable bonds is 6. The maximum absolute atomic E-state index is 13.6. The van der Waals surface area contributed by atoms with Crippen molar-refractivity contribution in [2.24, 2.45) is 0 Å². The van der Waals surface area contributed by atoms with Crippen molar-refractivity contribution in [2.75, 3.05) is 10.7 Å². The minimum atomic E-state index is -0.564. The molecule has 0 saturated heterocycles. The van der Waals surface area contributed by atoms with E-state index in [9.17, 15) is 9.18 Å². The molecule has 1 aromatic heterocycles. The van der Waals surface area contributed by atoms with E-state index in [2.05, 4.69) is 20.9 Å². The number of benzene rings is 3. The number of para-hydroxylation sites is 1. The van der Waals surface area contributed by atoms with Crippen molar-refractivity contribution >= 4 is 23.4 Å². The molecule has 0 bridgehead atoms. The Morgan fingerprint density at radius 3 is 2.65 bits per heavy atom. The molecule has 5 rings (SSSR count). The molecule has 7 nitrogen and oxygen atoms in total. The minimum absolute atomic E-state index is 0.186. The number of anilines is 1. The summed E-state index contributed by atoms with van der Waals surface area (Å²) in [5, 5.41) is 11.5. The summed E-state index contributed by atoms with van der Waals surface area (Å²) in [6, 6.07) is 22.7. The van der Waals surface area contributed by atoms with Crippen LogP contribution in [0.25, 0.3) is 0 Å². The fourth-order valence-electron chi connectivity index (χ4n) is 3.71. The predicted octanol–water partition coefficient (Wildman–Crippen LogP) is 4.70. The monoisotopic (exact) mass is 475 g/mol. The standard InChI is InChI=1S/C25H22FN5O2S/c1-16-6-5-7-19(14-16)27-24(32)23-22(17-10-12-18(26)13-11-17)30-31-21(28-29-25(31)34-23)15-33-20-8-3-2-4-9-20/h2-14,22-23,30H,15H2,1H3,(H,27,32)/t22-,23+/m1/s1. The Morgan fingerprint density at radius 2 is 1.88 bits per heavy atom. The number of fused-ring (bicyclic) bond motifs is 1. The van der Waals surface area contributed by atoms with Gasteiger partial charge < -0.3 is 15.5 Å². The van der Waals surface area contributed by atoms with Gasteiger partial charge in [0.05, 0.1) is 6.04 Å². The number of amides is 1. The molecule has 4 aromatic rings. The van der Waals surface area contributed by atoms with Crippen LogP contribution in [-0.2, 0) is 11.4 Å². The first kappa shape index (κ1) is 22.0. The zero-order chi connectivity index (χ0) is 23.5. The quantitative estimate of drug-likeness (QED) is 0.421. The van der Waals surface area contributed by atoms with E-state index in [1.165, 1.54) is 23.9 Å². The molecular weight excluding hydrogens is 453 g/mol. The van der Waals surface area contributed by atoms with Crippen LogP contribution in [0, 0.1) is 12.7 Å². The summed E-state index contributed by atoms with van der Waals surface area (Å²) in [6.45, 7) is 2.16. The van der Waals surface area contributed by atoms with Crippen molar-refractivity contribution in [2.45, 2.75) is 30.0 Å². The van der Waals surface area contributed by atoms with Gasteiger partial charge in [-0.1, -0.05) is 54.2 Å². The van der Waals surface area contributed by atoms with Gasteiger partial charge in [0.25, 0.3) is 0 Å². The summed E-state index contributed by atoms with van der Waals surface area (Å²) < 4.78 is 21.2. The largest absolute Gasteiger partial charge is 0.486 e. The fourth-order valence-corrected chi connectivity index (χ4v) is 4.81. The maximum atomic E-state index is 13.6. The van der Waals surface area contributed by atoms with Crippen LogP contribution in [-0.4, -0.2) is 26.0 Å². The zero-order valence-electron chi connectivity index (χ0n) is 18.3. The molecule has 0 radical (unpaired) electrons. The second-order valence-corrected chi connectivity index (χ2v) is 9.00. The molecular formula is C25H22FN5O2S. The third-order valence-electron chi connectivity index (χ3n) is 5.39. The Morgan fingerprint density at radius 1 is 1.09 bits per heavy atom. The highest BCUT2D eigenvalue weighted by atomic mass is 32.2. The van der Waals surface area contributed by atoms with Crippen molar-refractivity contribution in [1.29, 1.82) is 0 Å². The smallest absolute Gasteiger partial charge is 0.240 e. The maximum Gasteiger partial charge on any atom is 0.240 e. The average molecular weight is 476 g/mol. The lowest BCUT2D eigenvalue weighted by molar-refractivity contribution is -0.116. The number of aryl methyl sites for hydroxylation is 1. The molecule has 0 unspecified atom stereocenters. The second kappa shape index (κ2) is 9.56. The van der Waals surface area contributed by atoms with E-state index in [1.54, 1.807) is 16.8 Å². The van der Waals surface area contributed by atoms with Crippen LogP contribution >= 0.6 is 11.8 Å². The normalized spacial score (nSPS) is 16.9. The minimum Gasteiger partial charge on any atom is -0.486 e. The Labute approximate surface area is 200 Å². The summed E-state index contributed by atoms with van der Waals surface area (Å²) >= 11 is 1.30. The van der Waals surface area contributed by atoms with E-state index in [1.807, 2.05) is 61.5 Å². The van der Waals surface area contributed by atoms with Gasteiger partial charge in [0.2, 0.25) is 11.1 Å². The lowest BCUT2D eigenvalue weighted by Gasteiger charge is -2.33. The van der Waals surface area contributed by atoms with Crippen LogP contribution in [0.2, 0.25) is 0 Å². The molecule has 0 fully saturated rings. The molecule has 2 N–H and O–H groups in total. The number of carbonyl (C=O) groups is 1. The van der Waals surface area contributed by atoms with E-state index in [0.29, 0.717) is 22.4 Å². The molecule has 1 aliphatic heterocycles. The van der Waals surface area contributed by atoms with Crippen LogP contribution in [0.5, 0.6) is 5.75 Å². The predicted molar refractivity (Wildman–Crippen MR) is 129 cm³/mol. The lowest BCUT2D eigenvalue weighted by Crippen LogP contribution is -2.41. The molecule has 34 heavy (non-hydrogen) atoms. The number of thioether (sulfide) groups is 1. The van der Waals surface area contributed by atoms with Crippen molar-refractivity contribution in [3.8, 4) is 5.75 Å². The average Bonchev–Trinajstić information content (AvgIpc) is 3.25.